The van der Waals surface area contributed by atoms with Gasteiger partial charge in [0.1, 0.15) is 0 Å². The largest absolute Gasteiger partial charge is 0.310 e. The zero-order valence-corrected chi connectivity index (χ0v) is 28.5. The molecule has 1 heterocycles. The average Bonchev–Trinajstić information content (AvgIpc) is 3.57. The highest BCUT2D eigenvalue weighted by Crippen LogP contribution is 2.42. The Labute approximate surface area is 303 Å². The molecule has 0 amide bonds. The van der Waals surface area contributed by atoms with Crippen LogP contribution in [0.2, 0.25) is 0 Å². The van der Waals surface area contributed by atoms with Gasteiger partial charge in [0.2, 0.25) is 0 Å². The molecule has 0 saturated carbocycles. The molecule has 52 heavy (non-hydrogen) atoms. The maximum atomic E-state index is 2.42. The van der Waals surface area contributed by atoms with Crippen LogP contribution in [0.3, 0.4) is 0 Å². The molecular weight excluding hydrogens is 629 g/mol. The highest BCUT2D eigenvalue weighted by Gasteiger charge is 2.18. The molecule has 244 valence electrons. The van der Waals surface area contributed by atoms with E-state index in [1.165, 1.54) is 65.6 Å². The SMILES string of the molecule is c1ccc(-c2ccc(N(c3ccc4ccccc4c3)c3ccc4ccc5c(c4c3)c3ccccc3n5-c3cccc(-c4ccccc4)c3)cc2)cc1. The number of nitrogens with zero attached hydrogens (tertiary/aromatic N) is 2. The summed E-state index contributed by atoms with van der Waals surface area (Å²) in [7, 11) is 0. The standard InChI is InChI=1S/C50H34N2/c1-3-12-35(13-4-1)38-22-27-42(28-23-38)51(44-29-24-37-16-7-8-17-40(37)33-44)45-30-25-39-26-31-49-50(47(39)34-45)46-20-9-10-21-48(46)52(49)43-19-11-18-41(32-43)36-14-5-2-6-15-36/h1-34H. The predicted octanol–water partition coefficient (Wildman–Crippen LogP) is 13.9. The molecule has 0 unspecified atom stereocenters. The second-order valence-corrected chi connectivity index (χ2v) is 13.4. The van der Waals surface area contributed by atoms with Crippen LogP contribution in [0.15, 0.2) is 206 Å². The zero-order chi connectivity index (χ0) is 34.4. The molecule has 0 fully saturated rings. The van der Waals surface area contributed by atoms with Gasteiger partial charge in [-0.15, -0.1) is 0 Å². The number of anilines is 3. The van der Waals surface area contributed by atoms with Crippen LogP contribution in [-0.4, -0.2) is 4.57 Å². The molecule has 0 spiro atoms. The van der Waals surface area contributed by atoms with E-state index in [9.17, 15) is 0 Å². The van der Waals surface area contributed by atoms with Gasteiger partial charge in [-0.1, -0.05) is 146 Å². The number of rotatable bonds is 6. The first kappa shape index (κ1) is 30.0. The monoisotopic (exact) mass is 662 g/mol. The zero-order valence-electron chi connectivity index (χ0n) is 28.5. The van der Waals surface area contributed by atoms with Gasteiger partial charge in [-0.25, -0.2) is 0 Å². The molecule has 0 atom stereocenters. The van der Waals surface area contributed by atoms with Gasteiger partial charge >= 0.3 is 0 Å². The first-order valence-electron chi connectivity index (χ1n) is 17.8. The second-order valence-electron chi connectivity index (χ2n) is 13.4. The molecule has 0 aliphatic carbocycles. The molecule has 0 aliphatic heterocycles. The highest BCUT2D eigenvalue weighted by atomic mass is 15.1. The van der Waals surface area contributed by atoms with Gasteiger partial charge in [-0.3, -0.25) is 0 Å². The Bertz CT molecular complexity index is 2890. The molecule has 2 heteroatoms. The Balaban J connectivity index is 1.18. The molecular formula is C50H34N2. The van der Waals surface area contributed by atoms with Crippen LogP contribution in [-0.2, 0) is 0 Å². The van der Waals surface area contributed by atoms with E-state index in [0.29, 0.717) is 0 Å². The van der Waals surface area contributed by atoms with E-state index in [4.69, 9.17) is 0 Å². The fourth-order valence-corrected chi connectivity index (χ4v) is 7.84. The summed E-state index contributed by atoms with van der Waals surface area (Å²) in [6.07, 6.45) is 0. The summed E-state index contributed by atoms with van der Waals surface area (Å²) in [6.45, 7) is 0. The maximum Gasteiger partial charge on any atom is 0.0547 e. The minimum absolute atomic E-state index is 1.11. The topological polar surface area (TPSA) is 8.17 Å². The summed E-state index contributed by atoms with van der Waals surface area (Å²) in [5.41, 5.74) is 11.7. The quantitative estimate of drug-likeness (QED) is 0.172. The van der Waals surface area contributed by atoms with Gasteiger partial charge in [-0.05, 0) is 104 Å². The number of aromatic nitrogens is 1. The van der Waals surface area contributed by atoms with E-state index in [0.717, 1.165) is 22.7 Å². The third-order valence-corrected chi connectivity index (χ3v) is 10.3. The number of benzene rings is 9. The lowest BCUT2D eigenvalue weighted by Crippen LogP contribution is -2.10. The third-order valence-electron chi connectivity index (χ3n) is 10.3. The maximum absolute atomic E-state index is 2.42. The Hall–Kier alpha value is -6.90. The van der Waals surface area contributed by atoms with Gasteiger partial charge in [0.15, 0.2) is 0 Å². The van der Waals surface area contributed by atoms with Gasteiger partial charge in [0.05, 0.1) is 11.0 Å². The number of fused-ring (bicyclic) bond motifs is 6. The van der Waals surface area contributed by atoms with E-state index in [1.807, 2.05) is 0 Å². The predicted molar refractivity (Wildman–Crippen MR) is 221 cm³/mol. The van der Waals surface area contributed by atoms with E-state index < -0.39 is 0 Å². The second kappa shape index (κ2) is 12.5. The van der Waals surface area contributed by atoms with E-state index in [1.54, 1.807) is 0 Å². The fourth-order valence-electron chi connectivity index (χ4n) is 7.84. The Morgan fingerprint density at radius 2 is 0.885 bits per heavy atom. The van der Waals surface area contributed by atoms with E-state index in [-0.39, 0.29) is 0 Å². The van der Waals surface area contributed by atoms with Crippen LogP contribution < -0.4 is 4.90 Å². The highest BCUT2D eigenvalue weighted by molar-refractivity contribution is 6.22. The summed E-state index contributed by atoms with van der Waals surface area (Å²) < 4.78 is 2.42. The summed E-state index contributed by atoms with van der Waals surface area (Å²) in [6, 6.07) is 74.7. The van der Waals surface area contributed by atoms with Crippen molar-refractivity contribution in [3.05, 3.63) is 206 Å². The molecule has 0 N–H and O–H groups in total. The van der Waals surface area contributed by atoms with Crippen LogP contribution in [0.5, 0.6) is 0 Å². The van der Waals surface area contributed by atoms with E-state index in [2.05, 4.69) is 216 Å². The van der Waals surface area contributed by atoms with Gasteiger partial charge in [0, 0.05) is 33.5 Å². The summed E-state index contributed by atoms with van der Waals surface area (Å²) >= 11 is 0. The third kappa shape index (κ3) is 5.12. The van der Waals surface area contributed by atoms with Crippen molar-refractivity contribution < 1.29 is 0 Å². The number of hydrogen-bond acceptors (Lipinski definition) is 1. The molecule has 10 rings (SSSR count). The Morgan fingerprint density at radius 1 is 0.308 bits per heavy atom. The normalized spacial score (nSPS) is 11.5. The van der Waals surface area contributed by atoms with Crippen molar-refractivity contribution in [3.63, 3.8) is 0 Å². The molecule has 1 aromatic heterocycles. The van der Waals surface area contributed by atoms with Gasteiger partial charge < -0.3 is 9.47 Å². The Morgan fingerprint density at radius 3 is 1.67 bits per heavy atom. The lowest BCUT2D eigenvalue weighted by atomic mass is 10.0. The molecule has 0 aliphatic rings. The van der Waals surface area contributed by atoms with Crippen LogP contribution in [0.1, 0.15) is 0 Å². The van der Waals surface area contributed by atoms with Crippen molar-refractivity contribution >= 4 is 60.4 Å². The summed E-state index contributed by atoms with van der Waals surface area (Å²) in [5.74, 6) is 0. The van der Waals surface area contributed by atoms with Crippen LogP contribution >= 0.6 is 0 Å². The van der Waals surface area contributed by atoms with Crippen molar-refractivity contribution in [2.75, 3.05) is 4.90 Å². The molecule has 10 aromatic rings. The summed E-state index contributed by atoms with van der Waals surface area (Å²) in [5, 5.41) is 7.41. The first-order valence-corrected chi connectivity index (χ1v) is 17.8. The van der Waals surface area contributed by atoms with E-state index >= 15 is 0 Å². The fraction of sp³-hybridized carbons (Fsp3) is 0. The molecule has 0 saturated heterocycles. The van der Waals surface area contributed by atoms with Crippen LogP contribution in [0, 0.1) is 0 Å². The van der Waals surface area contributed by atoms with Crippen LogP contribution in [0.4, 0.5) is 17.1 Å². The van der Waals surface area contributed by atoms with Crippen molar-refractivity contribution in [2.24, 2.45) is 0 Å². The Kier molecular flexibility index (Phi) is 7.18. The minimum atomic E-state index is 1.11. The minimum Gasteiger partial charge on any atom is -0.310 e. The van der Waals surface area contributed by atoms with Crippen molar-refractivity contribution in [3.8, 4) is 27.9 Å². The van der Waals surface area contributed by atoms with Crippen LogP contribution in [0.25, 0.3) is 71.3 Å². The molecule has 0 bridgehead atoms. The van der Waals surface area contributed by atoms with Crippen molar-refractivity contribution in [1.82, 2.24) is 4.57 Å². The van der Waals surface area contributed by atoms with Crippen molar-refractivity contribution in [1.29, 1.82) is 0 Å². The number of para-hydroxylation sites is 1. The molecule has 0 radical (unpaired) electrons. The lowest BCUT2D eigenvalue weighted by Gasteiger charge is -2.26. The molecule has 9 aromatic carbocycles. The lowest BCUT2D eigenvalue weighted by molar-refractivity contribution is 1.18. The average molecular weight is 663 g/mol. The molecule has 2 nitrogen and oxygen atoms in total. The van der Waals surface area contributed by atoms with Crippen molar-refractivity contribution in [2.45, 2.75) is 0 Å². The number of hydrogen-bond donors (Lipinski definition) is 0. The smallest absolute Gasteiger partial charge is 0.0547 e. The van der Waals surface area contributed by atoms with Gasteiger partial charge in [-0.2, -0.15) is 0 Å². The van der Waals surface area contributed by atoms with Gasteiger partial charge in [0.25, 0.3) is 0 Å². The summed E-state index contributed by atoms with van der Waals surface area (Å²) in [4.78, 5) is 2.39. The first-order chi connectivity index (χ1) is 25.8.